The van der Waals surface area contributed by atoms with Crippen LogP contribution in [0.5, 0.6) is 0 Å². The van der Waals surface area contributed by atoms with Crippen molar-refractivity contribution >= 4 is 23.3 Å². The Labute approximate surface area is 152 Å². The van der Waals surface area contributed by atoms with E-state index in [-0.39, 0.29) is 6.61 Å². The molecule has 2 aromatic carbocycles. The van der Waals surface area contributed by atoms with Crippen LogP contribution in [-0.2, 0) is 4.74 Å². The zero-order chi connectivity index (χ0) is 18.5. The van der Waals surface area contributed by atoms with Crippen LogP contribution in [0.2, 0.25) is 0 Å². The number of aromatic nitrogens is 2. The quantitative estimate of drug-likeness (QED) is 0.536. The van der Waals surface area contributed by atoms with Gasteiger partial charge in [0, 0.05) is 16.9 Å². The molecule has 3 aromatic rings. The van der Waals surface area contributed by atoms with Gasteiger partial charge in [-0.15, -0.1) is 0 Å². The molecule has 0 saturated carbocycles. The van der Waals surface area contributed by atoms with Crippen molar-refractivity contribution in [2.75, 3.05) is 17.7 Å². The fourth-order valence-corrected chi connectivity index (χ4v) is 2.63. The zero-order valence-corrected chi connectivity index (χ0v) is 14.7. The first kappa shape index (κ1) is 17.4. The third-order valence-electron chi connectivity index (χ3n) is 3.76. The molecule has 0 fully saturated rings. The first-order chi connectivity index (χ1) is 12.6. The van der Waals surface area contributed by atoms with Gasteiger partial charge in [0.15, 0.2) is 0 Å². The van der Waals surface area contributed by atoms with Crippen molar-refractivity contribution in [1.82, 2.24) is 9.97 Å². The number of anilines is 3. The Morgan fingerprint density at radius 1 is 1.12 bits per heavy atom. The summed E-state index contributed by atoms with van der Waals surface area (Å²) < 4.78 is 5.19. The third kappa shape index (κ3) is 3.80. The van der Waals surface area contributed by atoms with Crippen molar-refractivity contribution in [3.05, 3.63) is 65.9 Å². The van der Waals surface area contributed by atoms with Crippen molar-refractivity contribution in [3.63, 3.8) is 0 Å². The first-order valence-corrected chi connectivity index (χ1v) is 8.32. The van der Waals surface area contributed by atoms with Crippen LogP contribution in [0.4, 0.5) is 17.3 Å². The Morgan fingerprint density at radius 2 is 1.88 bits per heavy atom. The molecular weight excluding hydrogens is 328 g/mol. The maximum absolute atomic E-state index is 12.4. The van der Waals surface area contributed by atoms with Crippen molar-refractivity contribution in [2.45, 2.75) is 13.8 Å². The van der Waals surface area contributed by atoms with E-state index in [4.69, 9.17) is 10.5 Å². The summed E-state index contributed by atoms with van der Waals surface area (Å²) in [6, 6.07) is 16.8. The Kier molecular flexibility index (Phi) is 5.12. The monoisotopic (exact) mass is 348 g/mol. The summed E-state index contributed by atoms with van der Waals surface area (Å²) in [5.74, 6) is -0.0423. The van der Waals surface area contributed by atoms with E-state index in [1.165, 1.54) is 0 Å². The van der Waals surface area contributed by atoms with Gasteiger partial charge in [0.2, 0.25) is 5.95 Å². The summed E-state index contributed by atoms with van der Waals surface area (Å²) >= 11 is 0. The van der Waals surface area contributed by atoms with Gasteiger partial charge >= 0.3 is 5.97 Å². The van der Waals surface area contributed by atoms with Crippen LogP contribution >= 0.6 is 0 Å². The normalized spacial score (nSPS) is 10.4. The minimum absolute atomic E-state index is 0.287. The van der Waals surface area contributed by atoms with Crippen LogP contribution < -0.4 is 11.1 Å². The van der Waals surface area contributed by atoms with Gasteiger partial charge < -0.3 is 15.8 Å². The Hall–Kier alpha value is -3.41. The van der Waals surface area contributed by atoms with Crippen LogP contribution in [0.25, 0.3) is 11.3 Å². The van der Waals surface area contributed by atoms with Crippen LogP contribution in [0.15, 0.2) is 54.6 Å². The summed E-state index contributed by atoms with van der Waals surface area (Å²) in [4.78, 5) is 21.4. The molecule has 26 heavy (non-hydrogen) atoms. The van der Waals surface area contributed by atoms with Crippen molar-refractivity contribution < 1.29 is 9.53 Å². The van der Waals surface area contributed by atoms with Crippen molar-refractivity contribution in [3.8, 4) is 11.3 Å². The molecule has 0 amide bonds. The third-order valence-corrected chi connectivity index (χ3v) is 3.76. The Balaban J connectivity index is 2.08. The van der Waals surface area contributed by atoms with Crippen molar-refractivity contribution in [1.29, 1.82) is 0 Å². The van der Waals surface area contributed by atoms with E-state index in [0.29, 0.717) is 28.6 Å². The minimum Gasteiger partial charge on any atom is -0.462 e. The van der Waals surface area contributed by atoms with Gasteiger partial charge in [0.05, 0.1) is 18.0 Å². The highest BCUT2D eigenvalue weighted by Crippen LogP contribution is 2.27. The molecule has 1 heterocycles. The van der Waals surface area contributed by atoms with Crippen LogP contribution in [0.1, 0.15) is 23.0 Å². The molecule has 0 aliphatic carbocycles. The standard InChI is InChI=1S/C20H20N4O2/c1-3-26-19(25)17-13(2)22-20(23-16-11-7-10-15(21)12-16)24-18(17)14-8-5-4-6-9-14/h4-12H,3,21H2,1-2H3,(H,22,23,24). The average Bonchev–Trinajstić information content (AvgIpc) is 2.62. The summed E-state index contributed by atoms with van der Waals surface area (Å²) in [5.41, 5.74) is 9.49. The van der Waals surface area contributed by atoms with E-state index in [1.807, 2.05) is 42.5 Å². The van der Waals surface area contributed by atoms with Crippen molar-refractivity contribution in [2.24, 2.45) is 0 Å². The zero-order valence-electron chi connectivity index (χ0n) is 14.7. The summed E-state index contributed by atoms with van der Waals surface area (Å²) in [6.07, 6.45) is 0. The topological polar surface area (TPSA) is 90.1 Å². The highest BCUT2D eigenvalue weighted by Gasteiger charge is 2.21. The number of esters is 1. The number of nitrogen functional groups attached to an aromatic ring is 1. The van der Waals surface area contributed by atoms with E-state index < -0.39 is 5.97 Å². The lowest BCUT2D eigenvalue weighted by atomic mass is 10.0. The van der Waals surface area contributed by atoms with Gasteiger partial charge in [0.1, 0.15) is 5.56 Å². The summed E-state index contributed by atoms with van der Waals surface area (Å²) in [5, 5.41) is 3.14. The fraction of sp³-hybridized carbons (Fsp3) is 0.150. The molecule has 0 bridgehead atoms. The predicted molar refractivity (Wildman–Crippen MR) is 102 cm³/mol. The predicted octanol–water partition coefficient (Wildman–Crippen LogP) is 3.95. The highest BCUT2D eigenvalue weighted by atomic mass is 16.5. The number of rotatable bonds is 5. The summed E-state index contributed by atoms with van der Waals surface area (Å²) in [6.45, 7) is 3.83. The molecule has 3 rings (SSSR count). The fourth-order valence-electron chi connectivity index (χ4n) is 2.63. The minimum atomic E-state index is -0.431. The van der Waals surface area contributed by atoms with Crippen LogP contribution in [0.3, 0.4) is 0 Å². The maximum Gasteiger partial charge on any atom is 0.342 e. The molecule has 1 aromatic heterocycles. The molecule has 0 saturated heterocycles. The number of nitrogens with zero attached hydrogens (tertiary/aromatic N) is 2. The number of nitrogens with one attached hydrogen (secondary N) is 1. The number of carbonyl (C=O) groups excluding carboxylic acids is 1. The number of ether oxygens (including phenoxy) is 1. The Morgan fingerprint density at radius 3 is 2.58 bits per heavy atom. The molecule has 0 aliphatic heterocycles. The second-order valence-corrected chi connectivity index (χ2v) is 5.69. The smallest absolute Gasteiger partial charge is 0.342 e. The van der Waals surface area contributed by atoms with E-state index in [1.54, 1.807) is 26.0 Å². The van der Waals surface area contributed by atoms with Gasteiger partial charge in [0.25, 0.3) is 0 Å². The lowest BCUT2D eigenvalue weighted by Crippen LogP contribution is -2.13. The van der Waals surface area contributed by atoms with Gasteiger partial charge in [-0.1, -0.05) is 36.4 Å². The molecule has 0 radical (unpaired) electrons. The summed E-state index contributed by atoms with van der Waals surface area (Å²) in [7, 11) is 0. The average molecular weight is 348 g/mol. The molecule has 3 N–H and O–H groups in total. The lowest BCUT2D eigenvalue weighted by molar-refractivity contribution is 0.0525. The number of hydrogen-bond acceptors (Lipinski definition) is 6. The van der Waals surface area contributed by atoms with Gasteiger partial charge in [-0.2, -0.15) is 0 Å². The largest absolute Gasteiger partial charge is 0.462 e. The molecule has 0 aliphatic rings. The van der Waals surface area contributed by atoms with E-state index >= 15 is 0 Å². The van der Waals surface area contributed by atoms with E-state index in [9.17, 15) is 4.79 Å². The molecule has 6 heteroatoms. The molecule has 0 spiro atoms. The maximum atomic E-state index is 12.4. The number of benzene rings is 2. The number of aryl methyl sites for hydroxylation is 1. The SMILES string of the molecule is CCOC(=O)c1c(C)nc(Nc2cccc(N)c2)nc1-c1ccccc1. The van der Waals surface area contributed by atoms with Gasteiger partial charge in [-0.25, -0.2) is 14.8 Å². The molecular formula is C20H20N4O2. The van der Waals surface area contributed by atoms with E-state index in [0.717, 1.165) is 11.3 Å². The molecule has 0 atom stereocenters. The molecule has 6 nitrogen and oxygen atoms in total. The van der Waals surface area contributed by atoms with Crippen LogP contribution in [0, 0.1) is 6.92 Å². The molecule has 0 unspecified atom stereocenters. The lowest BCUT2D eigenvalue weighted by Gasteiger charge is -2.14. The van der Waals surface area contributed by atoms with Gasteiger partial charge in [-0.3, -0.25) is 0 Å². The number of hydrogen-bond donors (Lipinski definition) is 2. The second kappa shape index (κ2) is 7.65. The van der Waals surface area contributed by atoms with Gasteiger partial charge in [-0.05, 0) is 32.0 Å². The Bertz CT molecular complexity index is 926. The van der Waals surface area contributed by atoms with Crippen LogP contribution in [-0.4, -0.2) is 22.5 Å². The number of nitrogens with two attached hydrogens (primary N) is 1. The van der Waals surface area contributed by atoms with E-state index in [2.05, 4.69) is 15.3 Å². The highest BCUT2D eigenvalue weighted by molar-refractivity contribution is 5.97. The number of carbonyl (C=O) groups is 1. The second-order valence-electron chi connectivity index (χ2n) is 5.69. The molecule has 132 valence electrons. The first-order valence-electron chi connectivity index (χ1n) is 8.32.